The van der Waals surface area contributed by atoms with Crippen molar-refractivity contribution in [3.8, 4) is 0 Å². The highest BCUT2D eigenvalue weighted by atomic mass is 16.2. The monoisotopic (exact) mass is 275 g/mol. The predicted molar refractivity (Wildman–Crippen MR) is 83.7 cm³/mol. The van der Waals surface area contributed by atoms with Gasteiger partial charge in [-0.05, 0) is 49.9 Å². The van der Waals surface area contributed by atoms with Crippen LogP contribution in [0.3, 0.4) is 0 Å². The molecule has 110 valence electrons. The summed E-state index contributed by atoms with van der Waals surface area (Å²) < 4.78 is 0. The lowest BCUT2D eigenvalue weighted by Gasteiger charge is -2.31. The number of rotatable bonds is 6. The summed E-state index contributed by atoms with van der Waals surface area (Å²) >= 11 is 0. The Bertz CT molecular complexity index is 469. The van der Waals surface area contributed by atoms with Gasteiger partial charge in [0.2, 0.25) is 5.91 Å². The highest BCUT2D eigenvalue weighted by Crippen LogP contribution is 2.27. The van der Waals surface area contributed by atoms with E-state index < -0.39 is 0 Å². The van der Waals surface area contributed by atoms with E-state index in [1.807, 2.05) is 25.1 Å². The summed E-state index contributed by atoms with van der Waals surface area (Å²) in [6.45, 7) is 6.50. The highest BCUT2D eigenvalue weighted by molar-refractivity contribution is 5.93. The number of aryl methyl sites for hydroxylation is 1. The molecule has 1 fully saturated rings. The quantitative estimate of drug-likeness (QED) is 0.785. The summed E-state index contributed by atoms with van der Waals surface area (Å²) in [6.07, 6.45) is 3.97. The van der Waals surface area contributed by atoms with Crippen LogP contribution in [0.5, 0.6) is 0 Å². The zero-order chi connectivity index (χ0) is 14.5. The molecule has 4 heteroatoms. The topological polar surface area (TPSA) is 58.4 Å². The number of benzene rings is 1. The van der Waals surface area contributed by atoms with Crippen LogP contribution in [0.2, 0.25) is 0 Å². The fourth-order valence-electron chi connectivity index (χ4n) is 2.51. The Balaban J connectivity index is 1.88. The molecule has 0 spiro atoms. The van der Waals surface area contributed by atoms with Crippen LogP contribution in [0.4, 0.5) is 11.4 Å². The number of hydrogen-bond donors (Lipinski definition) is 2. The molecular weight excluding hydrogens is 250 g/mol. The van der Waals surface area contributed by atoms with E-state index in [1.54, 1.807) is 0 Å². The molecule has 1 aromatic carbocycles. The zero-order valence-corrected chi connectivity index (χ0v) is 12.5. The molecular formula is C16H25N3O. The lowest BCUT2D eigenvalue weighted by Crippen LogP contribution is -2.38. The smallest absolute Gasteiger partial charge is 0.238 e. The Labute approximate surface area is 121 Å². The van der Waals surface area contributed by atoms with Crippen LogP contribution < -0.4 is 11.1 Å². The molecule has 0 bridgehead atoms. The first-order chi connectivity index (χ1) is 9.58. The third-order valence-corrected chi connectivity index (χ3v) is 4.09. The molecule has 1 amide bonds. The normalized spacial score (nSPS) is 15.2. The fraction of sp³-hybridized carbons (Fsp3) is 0.562. The SMILES string of the molecule is CCN(CC(=O)Nc1cc(N)ccc1C)CC1CCC1. The van der Waals surface area contributed by atoms with Crippen LogP contribution in [0.25, 0.3) is 0 Å². The number of nitrogens with one attached hydrogen (secondary N) is 1. The van der Waals surface area contributed by atoms with Gasteiger partial charge in [-0.25, -0.2) is 0 Å². The maximum Gasteiger partial charge on any atom is 0.238 e. The van der Waals surface area contributed by atoms with Crippen molar-refractivity contribution in [2.45, 2.75) is 33.1 Å². The predicted octanol–water partition coefficient (Wildman–Crippen LogP) is 2.64. The second-order valence-corrected chi connectivity index (χ2v) is 5.75. The summed E-state index contributed by atoms with van der Waals surface area (Å²) in [5, 5.41) is 2.96. The second kappa shape index (κ2) is 6.75. The molecule has 0 saturated heterocycles. The third kappa shape index (κ3) is 3.97. The lowest BCUT2D eigenvalue weighted by atomic mass is 9.85. The van der Waals surface area contributed by atoms with Crippen LogP contribution in [0, 0.1) is 12.8 Å². The molecule has 4 nitrogen and oxygen atoms in total. The van der Waals surface area contributed by atoms with Gasteiger partial charge >= 0.3 is 0 Å². The number of anilines is 2. The van der Waals surface area contributed by atoms with Crippen LogP contribution in [0.15, 0.2) is 18.2 Å². The number of carbonyl (C=O) groups is 1. The molecule has 1 aliphatic carbocycles. The number of hydrogen-bond acceptors (Lipinski definition) is 3. The zero-order valence-electron chi connectivity index (χ0n) is 12.5. The minimum absolute atomic E-state index is 0.0415. The van der Waals surface area contributed by atoms with E-state index >= 15 is 0 Å². The number of likely N-dealkylation sites (N-methyl/N-ethyl adjacent to an activating group) is 1. The molecule has 0 heterocycles. The summed E-state index contributed by atoms with van der Waals surface area (Å²) in [7, 11) is 0. The molecule has 1 saturated carbocycles. The maximum absolute atomic E-state index is 12.1. The molecule has 2 rings (SSSR count). The Morgan fingerprint density at radius 2 is 2.20 bits per heavy atom. The van der Waals surface area contributed by atoms with Crippen molar-refractivity contribution in [2.24, 2.45) is 5.92 Å². The third-order valence-electron chi connectivity index (χ3n) is 4.09. The van der Waals surface area contributed by atoms with Crippen molar-refractivity contribution in [2.75, 3.05) is 30.7 Å². The summed E-state index contributed by atoms with van der Waals surface area (Å²) in [4.78, 5) is 14.4. The number of amides is 1. The number of nitrogens with zero attached hydrogens (tertiary/aromatic N) is 1. The average Bonchev–Trinajstić information content (AvgIpc) is 2.36. The number of nitrogen functional groups attached to an aromatic ring is 1. The number of carbonyl (C=O) groups excluding carboxylic acids is 1. The van der Waals surface area contributed by atoms with Crippen molar-refractivity contribution in [3.63, 3.8) is 0 Å². The van der Waals surface area contributed by atoms with Crippen molar-refractivity contribution in [1.82, 2.24) is 4.90 Å². The summed E-state index contributed by atoms with van der Waals surface area (Å²) in [5.41, 5.74) is 8.29. The van der Waals surface area contributed by atoms with Crippen molar-refractivity contribution >= 4 is 17.3 Å². The Morgan fingerprint density at radius 1 is 1.45 bits per heavy atom. The minimum atomic E-state index is 0.0415. The Morgan fingerprint density at radius 3 is 2.80 bits per heavy atom. The van der Waals surface area contributed by atoms with Crippen molar-refractivity contribution in [3.05, 3.63) is 23.8 Å². The van der Waals surface area contributed by atoms with Gasteiger partial charge in [-0.1, -0.05) is 19.4 Å². The molecule has 0 atom stereocenters. The fourth-order valence-corrected chi connectivity index (χ4v) is 2.51. The molecule has 0 aromatic heterocycles. The summed E-state index contributed by atoms with van der Waals surface area (Å²) in [5.74, 6) is 0.830. The Hall–Kier alpha value is -1.55. The van der Waals surface area contributed by atoms with E-state index in [9.17, 15) is 4.79 Å². The van der Waals surface area contributed by atoms with Gasteiger partial charge < -0.3 is 11.1 Å². The van der Waals surface area contributed by atoms with E-state index in [1.165, 1.54) is 19.3 Å². The number of nitrogens with two attached hydrogens (primary N) is 1. The van der Waals surface area contributed by atoms with Gasteiger partial charge in [-0.3, -0.25) is 9.69 Å². The molecule has 0 aliphatic heterocycles. The van der Waals surface area contributed by atoms with Gasteiger partial charge in [-0.15, -0.1) is 0 Å². The van der Waals surface area contributed by atoms with Gasteiger partial charge in [0.1, 0.15) is 0 Å². The standard InChI is InChI=1S/C16H25N3O/c1-3-19(10-13-5-4-6-13)11-16(20)18-15-9-14(17)8-7-12(15)2/h7-9,13H,3-6,10-11,17H2,1-2H3,(H,18,20). The molecule has 1 aromatic rings. The van der Waals surface area contributed by atoms with E-state index in [2.05, 4.69) is 17.1 Å². The van der Waals surface area contributed by atoms with Gasteiger partial charge in [0, 0.05) is 17.9 Å². The highest BCUT2D eigenvalue weighted by Gasteiger charge is 2.21. The first-order valence-electron chi connectivity index (χ1n) is 7.46. The van der Waals surface area contributed by atoms with Crippen LogP contribution in [-0.4, -0.2) is 30.4 Å². The minimum Gasteiger partial charge on any atom is -0.399 e. The van der Waals surface area contributed by atoms with Gasteiger partial charge in [0.15, 0.2) is 0 Å². The van der Waals surface area contributed by atoms with Gasteiger partial charge in [-0.2, -0.15) is 0 Å². The van der Waals surface area contributed by atoms with E-state index in [0.29, 0.717) is 12.2 Å². The maximum atomic E-state index is 12.1. The van der Waals surface area contributed by atoms with Gasteiger partial charge in [0.25, 0.3) is 0 Å². The van der Waals surface area contributed by atoms with Crippen LogP contribution >= 0.6 is 0 Å². The molecule has 0 radical (unpaired) electrons. The summed E-state index contributed by atoms with van der Waals surface area (Å²) in [6, 6.07) is 5.59. The van der Waals surface area contributed by atoms with E-state index in [0.717, 1.165) is 30.3 Å². The Kier molecular flexibility index (Phi) is 5.01. The van der Waals surface area contributed by atoms with Crippen LogP contribution in [0.1, 0.15) is 31.7 Å². The van der Waals surface area contributed by atoms with Crippen molar-refractivity contribution in [1.29, 1.82) is 0 Å². The first-order valence-corrected chi connectivity index (χ1v) is 7.46. The average molecular weight is 275 g/mol. The molecule has 20 heavy (non-hydrogen) atoms. The van der Waals surface area contributed by atoms with Crippen molar-refractivity contribution < 1.29 is 4.79 Å². The molecule has 1 aliphatic rings. The van der Waals surface area contributed by atoms with Crippen LogP contribution in [-0.2, 0) is 4.79 Å². The molecule has 3 N–H and O–H groups in total. The van der Waals surface area contributed by atoms with Gasteiger partial charge in [0.05, 0.1) is 6.54 Å². The molecule has 0 unspecified atom stereocenters. The van der Waals surface area contributed by atoms with E-state index in [4.69, 9.17) is 5.73 Å². The first kappa shape index (κ1) is 14.9. The second-order valence-electron chi connectivity index (χ2n) is 5.75. The lowest BCUT2D eigenvalue weighted by molar-refractivity contribution is -0.117. The largest absolute Gasteiger partial charge is 0.399 e. The van der Waals surface area contributed by atoms with E-state index in [-0.39, 0.29) is 5.91 Å².